The first kappa shape index (κ1) is 20.8. The standard InChI is InChI=1S/C19H24F3N3O2/c1-12(2)10-26-15-7-5-14(6-8-15)24-18-23-9-16(19(20,21)22)17(25-18)27-11-13(3)4/h5-9,12-13H,10-11H2,1-4H3,(H,23,24,25). The molecule has 2 aromatic rings. The number of nitrogens with zero attached hydrogens (tertiary/aromatic N) is 2. The number of aromatic nitrogens is 2. The lowest BCUT2D eigenvalue weighted by molar-refractivity contribution is -0.139. The van der Waals surface area contributed by atoms with Crippen LogP contribution in [0.5, 0.6) is 11.6 Å². The Labute approximate surface area is 156 Å². The van der Waals surface area contributed by atoms with Gasteiger partial charge in [-0.05, 0) is 36.1 Å². The zero-order chi connectivity index (χ0) is 20.0. The topological polar surface area (TPSA) is 56.3 Å². The minimum absolute atomic E-state index is 0.0256. The van der Waals surface area contributed by atoms with E-state index in [1.54, 1.807) is 24.3 Å². The molecule has 0 atom stereocenters. The van der Waals surface area contributed by atoms with E-state index in [2.05, 4.69) is 29.1 Å². The summed E-state index contributed by atoms with van der Waals surface area (Å²) in [6.45, 7) is 8.52. The van der Waals surface area contributed by atoms with E-state index in [-0.39, 0.29) is 18.5 Å². The predicted octanol–water partition coefficient (Wildman–Crippen LogP) is 5.31. The Bertz CT molecular complexity index is 732. The molecule has 0 radical (unpaired) electrons. The Balaban J connectivity index is 2.14. The van der Waals surface area contributed by atoms with Crippen molar-refractivity contribution in [3.05, 3.63) is 36.0 Å². The van der Waals surface area contributed by atoms with Gasteiger partial charge in [0.05, 0.1) is 13.2 Å². The molecule has 0 aliphatic carbocycles. The second-order valence-electron chi connectivity index (χ2n) is 6.97. The number of rotatable bonds is 8. The molecule has 0 amide bonds. The van der Waals surface area contributed by atoms with E-state index in [4.69, 9.17) is 9.47 Å². The predicted molar refractivity (Wildman–Crippen MR) is 97.4 cm³/mol. The molecule has 0 unspecified atom stereocenters. The molecule has 2 rings (SSSR count). The second-order valence-corrected chi connectivity index (χ2v) is 6.97. The van der Waals surface area contributed by atoms with Gasteiger partial charge in [0, 0.05) is 11.9 Å². The highest BCUT2D eigenvalue weighted by atomic mass is 19.4. The molecular formula is C19H24F3N3O2. The highest BCUT2D eigenvalue weighted by molar-refractivity contribution is 5.55. The maximum absolute atomic E-state index is 13.1. The third kappa shape index (κ3) is 6.62. The molecule has 0 fully saturated rings. The summed E-state index contributed by atoms with van der Waals surface area (Å²) in [7, 11) is 0. The summed E-state index contributed by atoms with van der Waals surface area (Å²) < 4.78 is 50.2. The van der Waals surface area contributed by atoms with Crippen molar-refractivity contribution in [2.75, 3.05) is 18.5 Å². The molecule has 1 aromatic heterocycles. The number of halogens is 3. The van der Waals surface area contributed by atoms with Crippen molar-refractivity contribution in [1.29, 1.82) is 0 Å². The fourth-order valence-corrected chi connectivity index (χ4v) is 2.00. The maximum Gasteiger partial charge on any atom is 0.423 e. The van der Waals surface area contributed by atoms with Gasteiger partial charge in [-0.25, -0.2) is 4.98 Å². The van der Waals surface area contributed by atoms with Gasteiger partial charge in [-0.2, -0.15) is 18.2 Å². The monoisotopic (exact) mass is 383 g/mol. The van der Waals surface area contributed by atoms with Crippen LogP contribution in [0.15, 0.2) is 30.5 Å². The first-order valence-corrected chi connectivity index (χ1v) is 8.72. The van der Waals surface area contributed by atoms with Crippen LogP contribution in [0.2, 0.25) is 0 Å². The summed E-state index contributed by atoms with van der Waals surface area (Å²) in [6.07, 6.45) is -3.86. The first-order valence-electron chi connectivity index (χ1n) is 8.72. The van der Waals surface area contributed by atoms with Crippen molar-refractivity contribution in [2.24, 2.45) is 11.8 Å². The van der Waals surface area contributed by atoms with E-state index < -0.39 is 17.6 Å². The fourth-order valence-electron chi connectivity index (χ4n) is 2.00. The van der Waals surface area contributed by atoms with E-state index >= 15 is 0 Å². The average molecular weight is 383 g/mol. The summed E-state index contributed by atoms with van der Waals surface area (Å²) >= 11 is 0. The first-order chi connectivity index (χ1) is 12.6. The van der Waals surface area contributed by atoms with Gasteiger partial charge < -0.3 is 14.8 Å². The number of hydrogen-bond donors (Lipinski definition) is 1. The van der Waals surface area contributed by atoms with Gasteiger partial charge in [-0.3, -0.25) is 0 Å². The van der Waals surface area contributed by atoms with Crippen LogP contribution in [0.3, 0.4) is 0 Å². The van der Waals surface area contributed by atoms with Crippen LogP contribution < -0.4 is 14.8 Å². The lowest BCUT2D eigenvalue weighted by atomic mass is 10.2. The molecule has 8 heteroatoms. The van der Waals surface area contributed by atoms with E-state index in [0.717, 1.165) is 6.20 Å². The van der Waals surface area contributed by atoms with Crippen LogP contribution in [-0.2, 0) is 6.18 Å². The summed E-state index contributed by atoms with van der Waals surface area (Å²) in [5.74, 6) is 0.732. The van der Waals surface area contributed by atoms with Crippen molar-refractivity contribution in [3.8, 4) is 11.6 Å². The minimum atomic E-state index is -4.58. The second kappa shape index (κ2) is 8.92. The largest absolute Gasteiger partial charge is 0.493 e. The minimum Gasteiger partial charge on any atom is -0.493 e. The van der Waals surface area contributed by atoms with Crippen molar-refractivity contribution < 1.29 is 22.6 Å². The van der Waals surface area contributed by atoms with Crippen LogP contribution in [0.25, 0.3) is 0 Å². The van der Waals surface area contributed by atoms with Gasteiger partial charge >= 0.3 is 6.18 Å². The smallest absolute Gasteiger partial charge is 0.423 e. The summed E-state index contributed by atoms with van der Waals surface area (Å²) in [5.41, 5.74) is -0.368. The molecule has 0 aliphatic rings. The van der Waals surface area contributed by atoms with Gasteiger partial charge in [-0.15, -0.1) is 0 Å². The molecule has 148 valence electrons. The Morgan fingerprint density at radius 2 is 1.56 bits per heavy atom. The lowest BCUT2D eigenvalue weighted by Crippen LogP contribution is -2.14. The quantitative estimate of drug-likeness (QED) is 0.670. The van der Waals surface area contributed by atoms with Gasteiger partial charge in [0.1, 0.15) is 11.3 Å². The number of nitrogens with one attached hydrogen (secondary N) is 1. The Morgan fingerprint density at radius 1 is 0.963 bits per heavy atom. The van der Waals surface area contributed by atoms with E-state index in [1.807, 2.05) is 13.8 Å². The summed E-state index contributed by atoms with van der Waals surface area (Å²) in [5, 5.41) is 2.88. The Kier molecular flexibility index (Phi) is 6.87. The zero-order valence-corrected chi connectivity index (χ0v) is 15.8. The SMILES string of the molecule is CC(C)COc1ccc(Nc2ncc(C(F)(F)F)c(OCC(C)C)n2)cc1. The summed E-state index contributed by atoms with van der Waals surface area (Å²) in [4.78, 5) is 7.65. The van der Waals surface area contributed by atoms with Gasteiger partial charge in [0.15, 0.2) is 0 Å². The zero-order valence-electron chi connectivity index (χ0n) is 15.8. The van der Waals surface area contributed by atoms with E-state index in [9.17, 15) is 13.2 Å². The number of benzene rings is 1. The molecule has 0 bridgehead atoms. The molecule has 0 spiro atoms. The molecule has 0 saturated heterocycles. The molecule has 5 nitrogen and oxygen atoms in total. The fraction of sp³-hybridized carbons (Fsp3) is 0.474. The van der Waals surface area contributed by atoms with Crippen LogP contribution >= 0.6 is 0 Å². The molecule has 0 aliphatic heterocycles. The molecule has 27 heavy (non-hydrogen) atoms. The van der Waals surface area contributed by atoms with Crippen molar-refractivity contribution >= 4 is 11.6 Å². The lowest BCUT2D eigenvalue weighted by Gasteiger charge is -2.15. The molecule has 1 heterocycles. The third-order valence-electron chi connectivity index (χ3n) is 3.31. The van der Waals surface area contributed by atoms with E-state index in [0.29, 0.717) is 24.0 Å². The van der Waals surface area contributed by atoms with E-state index in [1.165, 1.54) is 0 Å². The van der Waals surface area contributed by atoms with Crippen LogP contribution in [-0.4, -0.2) is 23.2 Å². The van der Waals surface area contributed by atoms with Crippen LogP contribution in [0.1, 0.15) is 33.3 Å². The number of anilines is 2. The third-order valence-corrected chi connectivity index (χ3v) is 3.31. The van der Waals surface area contributed by atoms with Crippen LogP contribution in [0.4, 0.5) is 24.8 Å². The van der Waals surface area contributed by atoms with Crippen LogP contribution in [0, 0.1) is 11.8 Å². The molecule has 1 aromatic carbocycles. The van der Waals surface area contributed by atoms with Crippen molar-refractivity contribution in [2.45, 2.75) is 33.9 Å². The Morgan fingerprint density at radius 3 is 2.11 bits per heavy atom. The van der Waals surface area contributed by atoms with Gasteiger partial charge in [0.25, 0.3) is 0 Å². The molecule has 0 saturated carbocycles. The number of ether oxygens (including phenoxy) is 2. The number of hydrogen-bond acceptors (Lipinski definition) is 5. The molecule has 1 N–H and O–H groups in total. The normalized spacial score (nSPS) is 11.7. The van der Waals surface area contributed by atoms with Crippen molar-refractivity contribution in [1.82, 2.24) is 9.97 Å². The maximum atomic E-state index is 13.1. The van der Waals surface area contributed by atoms with Crippen molar-refractivity contribution in [3.63, 3.8) is 0 Å². The highest BCUT2D eigenvalue weighted by Gasteiger charge is 2.36. The van der Waals surface area contributed by atoms with Gasteiger partial charge in [-0.1, -0.05) is 27.7 Å². The highest BCUT2D eigenvalue weighted by Crippen LogP contribution is 2.35. The summed E-state index contributed by atoms with van der Waals surface area (Å²) in [6, 6.07) is 7.02. The molecular weight excluding hydrogens is 359 g/mol. The Hall–Kier alpha value is -2.51. The van der Waals surface area contributed by atoms with Gasteiger partial charge in [0.2, 0.25) is 11.8 Å². The number of alkyl halides is 3. The average Bonchev–Trinajstić information content (AvgIpc) is 2.58.